The maximum Gasteiger partial charge on any atom is 0.307 e. The van der Waals surface area contributed by atoms with Gasteiger partial charge in [-0.3, -0.25) is 14.5 Å². The molecule has 138 valence electrons. The molecule has 5 nitrogen and oxygen atoms in total. The fourth-order valence-electron chi connectivity index (χ4n) is 4.68. The minimum atomic E-state index is -0.832. The summed E-state index contributed by atoms with van der Waals surface area (Å²) in [6.07, 6.45) is 4.84. The lowest BCUT2D eigenvalue weighted by atomic mass is 9.82. The summed E-state index contributed by atoms with van der Waals surface area (Å²) < 4.78 is 0. The molecule has 1 aromatic carbocycles. The number of carbonyl (C=O) groups is 2. The van der Waals surface area contributed by atoms with Gasteiger partial charge in [-0.15, -0.1) is 0 Å². The summed E-state index contributed by atoms with van der Waals surface area (Å²) in [7, 11) is 0. The normalized spacial score (nSPS) is 30.7. The first kappa shape index (κ1) is 17.6. The number of piperazine rings is 1. The lowest BCUT2D eigenvalue weighted by Gasteiger charge is -2.37. The Kier molecular flexibility index (Phi) is 4.76. The lowest BCUT2D eigenvalue weighted by Crippen LogP contribution is -2.52. The van der Waals surface area contributed by atoms with Crippen LogP contribution in [-0.4, -0.2) is 53.0 Å². The van der Waals surface area contributed by atoms with Gasteiger partial charge in [-0.25, -0.2) is 0 Å². The zero-order valence-electron chi connectivity index (χ0n) is 14.6. The first-order chi connectivity index (χ1) is 12.5. The van der Waals surface area contributed by atoms with Crippen LogP contribution in [0.5, 0.6) is 0 Å². The molecule has 2 bridgehead atoms. The number of halogens is 1. The second-order valence-corrected chi connectivity index (χ2v) is 8.00. The van der Waals surface area contributed by atoms with Crippen LogP contribution < -0.4 is 0 Å². The molecule has 4 atom stereocenters. The number of carbonyl (C=O) groups excluding carboxylic acids is 1. The molecule has 2 aliphatic carbocycles. The molecule has 6 heteroatoms. The number of allylic oxidation sites excluding steroid dienone is 2. The molecule has 0 aromatic heterocycles. The van der Waals surface area contributed by atoms with Crippen LogP contribution in [0.15, 0.2) is 36.4 Å². The van der Waals surface area contributed by atoms with Gasteiger partial charge in [-0.2, -0.15) is 0 Å². The van der Waals surface area contributed by atoms with Crippen molar-refractivity contribution in [2.24, 2.45) is 23.7 Å². The number of amides is 1. The van der Waals surface area contributed by atoms with Crippen LogP contribution in [-0.2, 0) is 16.1 Å². The molecule has 1 aromatic rings. The van der Waals surface area contributed by atoms with Crippen molar-refractivity contribution in [1.82, 2.24) is 9.80 Å². The van der Waals surface area contributed by atoms with Crippen molar-refractivity contribution in [1.29, 1.82) is 0 Å². The van der Waals surface area contributed by atoms with Crippen LogP contribution >= 0.6 is 11.6 Å². The average Bonchev–Trinajstić information content (AvgIpc) is 3.25. The molecule has 2 fully saturated rings. The van der Waals surface area contributed by atoms with E-state index < -0.39 is 11.9 Å². The SMILES string of the molecule is O=C(O)[C@@H]1[C@H](C(=O)N2CCN(Cc3ccc(Cl)cc3)CC2)[C@H]2C=C[C@H]1C2. The summed E-state index contributed by atoms with van der Waals surface area (Å²) in [6, 6.07) is 7.84. The molecule has 3 aliphatic rings. The van der Waals surface area contributed by atoms with Crippen molar-refractivity contribution in [3.8, 4) is 0 Å². The summed E-state index contributed by atoms with van der Waals surface area (Å²) in [5.41, 5.74) is 1.21. The molecule has 1 amide bonds. The van der Waals surface area contributed by atoms with E-state index >= 15 is 0 Å². The number of aliphatic carboxylic acids is 1. The maximum absolute atomic E-state index is 13.0. The highest BCUT2D eigenvalue weighted by Gasteiger charge is 2.52. The Hall–Kier alpha value is -1.85. The average molecular weight is 375 g/mol. The molecule has 1 heterocycles. The highest BCUT2D eigenvalue weighted by molar-refractivity contribution is 6.30. The second-order valence-electron chi connectivity index (χ2n) is 7.57. The topological polar surface area (TPSA) is 60.9 Å². The Morgan fingerprint density at radius 1 is 1.00 bits per heavy atom. The van der Waals surface area contributed by atoms with Gasteiger partial charge in [0, 0.05) is 37.7 Å². The Bertz CT molecular complexity index is 725. The second kappa shape index (κ2) is 7.05. The van der Waals surface area contributed by atoms with Gasteiger partial charge in [-0.05, 0) is 36.0 Å². The Morgan fingerprint density at radius 2 is 1.62 bits per heavy atom. The molecule has 1 saturated carbocycles. The van der Waals surface area contributed by atoms with Gasteiger partial charge >= 0.3 is 5.97 Å². The first-order valence-electron chi connectivity index (χ1n) is 9.19. The van der Waals surface area contributed by atoms with Gasteiger partial charge in [-0.1, -0.05) is 35.9 Å². The number of benzene rings is 1. The standard InChI is InChI=1S/C20H23ClN2O3/c21-16-5-1-13(2-6-16)12-22-7-9-23(10-8-22)19(24)17-14-3-4-15(11-14)18(17)20(25)26/h1-6,14-15,17-18H,7-12H2,(H,25,26)/t14-,15-,17+,18-/m0/s1. The molecule has 0 spiro atoms. The number of hydrogen-bond donors (Lipinski definition) is 1. The van der Waals surface area contributed by atoms with Gasteiger partial charge in [0.25, 0.3) is 0 Å². The predicted molar refractivity (Wildman–Crippen MR) is 98.7 cm³/mol. The number of hydrogen-bond acceptors (Lipinski definition) is 3. The highest BCUT2D eigenvalue weighted by Crippen LogP contribution is 2.48. The minimum absolute atomic E-state index is 0.0256. The van der Waals surface area contributed by atoms with Crippen LogP contribution in [0.1, 0.15) is 12.0 Å². The predicted octanol–water partition coefficient (Wildman–Crippen LogP) is 2.51. The lowest BCUT2D eigenvalue weighted by molar-refractivity contribution is -0.151. The van der Waals surface area contributed by atoms with E-state index in [-0.39, 0.29) is 23.7 Å². The number of carboxylic acids is 1. The number of nitrogens with zero attached hydrogens (tertiary/aromatic N) is 2. The fourth-order valence-corrected chi connectivity index (χ4v) is 4.81. The smallest absolute Gasteiger partial charge is 0.307 e. The van der Waals surface area contributed by atoms with E-state index in [2.05, 4.69) is 4.90 Å². The van der Waals surface area contributed by atoms with Crippen LogP contribution in [0.4, 0.5) is 0 Å². The van der Waals surface area contributed by atoms with E-state index in [1.807, 2.05) is 41.3 Å². The Morgan fingerprint density at radius 3 is 2.23 bits per heavy atom. The third-order valence-corrected chi connectivity index (χ3v) is 6.28. The van der Waals surface area contributed by atoms with E-state index in [9.17, 15) is 14.7 Å². The number of fused-ring (bicyclic) bond motifs is 2. The third-order valence-electron chi connectivity index (χ3n) is 6.03. The van der Waals surface area contributed by atoms with Crippen molar-refractivity contribution in [3.63, 3.8) is 0 Å². The van der Waals surface area contributed by atoms with E-state index in [1.165, 1.54) is 5.56 Å². The maximum atomic E-state index is 13.0. The zero-order chi connectivity index (χ0) is 18.3. The van der Waals surface area contributed by atoms with Crippen molar-refractivity contribution >= 4 is 23.5 Å². The monoisotopic (exact) mass is 374 g/mol. The third kappa shape index (κ3) is 3.26. The van der Waals surface area contributed by atoms with Crippen LogP contribution in [0.3, 0.4) is 0 Å². The molecular formula is C20H23ClN2O3. The van der Waals surface area contributed by atoms with Crippen molar-refractivity contribution in [2.75, 3.05) is 26.2 Å². The van der Waals surface area contributed by atoms with E-state index in [0.29, 0.717) is 13.1 Å². The van der Waals surface area contributed by atoms with Crippen molar-refractivity contribution < 1.29 is 14.7 Å². The summed E-state index contributed by atoms with van der Waals surface area (Å²) >= 11 is 5.93. The summed E-state index contributed by atoms with van der Waals surface area (Å²) in [5.74, 6) is -1.62. The highest BCUT2D eigenvalue weighted by atomic mass is 35.5. The zero-order valence-corrected chi connectivity index (χ0v) is 15.3. The van der Waals surface area contributed by atoms with Crippen molar-refractivity contribution in [2.45, 2.75) is 13.0 Å². The molecule has 1 saturated heterocycles. The molecule has 0 unspecified atom stereocenters. The van der Waals surface area contributed by atoms with E-state index in [4.69, 9.17) is 11.6 Å². The van der Waals surface area contributed by atoms with Gasteiger partial charge in [0.2, 0.25) is 5.91 Å². The first-order valence-corrected chi connectivity index (χ1v) is 9.57. The number of carboxylic acid groups (broad SMARTS) is 1. The fraction of sp³-hybridized carbons (Fsp3) is 0.500. The van der Waals surface area contributed by atoms with Gasteiger partial charge in [0.15, 0.2) is 0 Å². The molecule has 1 aliphatic heterocycles. The van der Waals surface area contributed by atoms with Gasteiger partial charge in [0.1, 0.15) is 0 Å². The molecule has 26 heavy (non-hydrogen) atoms. The summed E-state index contributed by atoms with van der Waals surface area (Å²) in [6.45, 7) is 3.78. The molecule has 1 N–H and O–H groups in total. The van der Waals surface area contributed by atoms with E-state index in [0.717, 1.165) is 31.1 Å². The summed E-state index contributed by atoms with van der Waals surface area (Å²) in [4.78, 5) is 28.8. The van der Waals surface area contributed by atoms with Crippen LogP contribution in [0.25, 0.3) is 0 Å². The quantitative estimate of drug-likeness (QED) is 0.822. The Labute approximate surface area is 158 Å². The van der Waals surface area contributed by atoms with Gasteiger partial charge < -0.3 is 10.0 Å². The molecule has 4 rings (SSSR count). The van der Waals surface area contributed by atoms with Gasteiger partial charge in [0.05, 0.1) is 11.8 Å². The van der Waals surface area contributed by atoms with Crippen LogP contribution in [0.2, 0.25) is 5.02 Å². The molecular weight excluding hydrogens is 352 g/mol. The molecule has 0 radical (unpaired) electrons. The van der Waals surface area contributed by atoms with Crippen molar-refractivity contribution in [3.05, 3.63) is 47.0 Å². The largest absolute Gasteiger partial charge is 0.481 e. The number of rotatable bonds is 4. The summed E-state index contributed by atoms with van der Waals surface area (Å²) in [5, 5.41) is 10.3. The van der Waals surface area contributed by atoms with Crippen LogP contribution in [0, 0.1) is 23.7 Å². The minimum Gasteiger partial charge on any atom is -0.481 e. The Balaban J connectivity index is 1.36. The van der Waals surface area contributed by atoms with E-state index in [1.54, 1.807) is 0 Å².